The molecule has 0 amide bonds. The van der Waals surface area contributed by atoms with Crippen LogP contribution in [0.1, 0.15) is 72.2 Å². The lowest BCUT2D eigenvalue weighted by molar-refractivity contribution is 0.0696. The Hall–Kier alpha value is -2.14. The van der Waals surface area contributed by atoms with Crippen LogP contribution in [0.4, 0.5) is 0 Å². The molecule has 5 nitrogen and oxygen atoms in total. The Kier molecular flexibility index (Phi) is 5.43. The van der Waals surface area contributed by atoms with E-state index in [4.69, 9.17) is 11.6 Å². The lowest BCUT2D eigenvalue weighted by Crippen LogP contribution is -2.26. The van der Waals surface area contributed by atoms with Crippen molar-refractivity contribution >= 4 is 34.4 Å². The summed E-state index contributed by atoms with van der Waals surface area (Å²) in [7, 11) is 0. The lowest BCUT2D eigenvalue weighted by Gasteiger charge is -2.37. The average Bonchev–Trinajstić information content (AvgIpc) is 2.59. The van der Waals surface area contributed by atoms with Gasteiger partial charge in [-0.25, -0.2) is 9.59 Å². The topological polar surface area (TPSA) is 87.5 Å². The molecule has 1 aliphatic rings. The molecular weight excluding hydrogens is 366 g/mol. The molecule has 0 bridgehead atoms. The van der Waals surface area contributed by atoms with Gasteiger partial charge in [0.05, 0.1) is 16.1 Å². The number of rotatable bonds is 4. The molecular formula is C21H24ClNO4. The Morgan fingerprint density at radius 1 is 1.19 bits per heavy atom. The first-order chi connectivity index (χ1) is 12.7. The third kappa shape index (κ3) is 3.65. The van der Waals surface area contributed by atoms with Crippen LogP contribution in [0, 0.1) is 17.8 Å². The molecule has 1 aromatic carbocycles. The fourth-order valence-corrected chi connectivity index (χ4v) is 4.72. The standard InChI is InChI=1S/C21H24ClNO4/c1-10(2)14-5-4-11(3)6-15(14)13-7-12-8-16(20(24)25)18(22)17(21(26)27)19(12)23-9-13/h7-11,14-15H,4-6H2,1-3H3,(H,24,25)(H,26,27). The van der Waals surface area contributed by atoms with Crippen LogP contribution in [-0.2, 0) is 0 Å². The maximum absolute atomic E-state index is 11.7. The van der Waals surface area contributed by atoms with Gasteiger partial charge in [-0.05, 0) is 54.2 Å². The van der Waals surface area contributed by atoms with E-state index in [-0.39, 0.29) is 21.7 Å². The highest BCUT2D eigenvalue weighted by Gasteiger charge is 2.32. The molecule has 3 unspecified atom stereocenters. The summed E-state index contributed by atoms with van der Waals surface area (Å²) < 4.78 is 0. The number of benzene rings is 1. The predicted molar refractivity (Wildman–Crippen MR) is 105 cm³/mol. The highest BCUT2D eigenvalue weighted by molar-refractivity contribution is 6.38. The number of carboxylic acids is 2. The smallest absolute Gasteiger partial charge is 0.339 e. The van der Waals surface area contributed by atoms with Crippen LogP contribution < -0.4 is 0 Å². The molecule has 1 heterocycles. The fourth-order valence-electron chi connectivity index (χ4n) is 4.41. The third-order valence-electron chi connectivity index (χ3n) is 5.83. The van der Waals surface area contributed by atoms with Gasteiger partial charge in [-0.1, -0.05) is 38.8 Å². The summed E-state index contributed by atoms with van der Waals surface area (Å²) in [5.74, 6) is -0.503. The number of aromatic carboxylic acids is 2. The highest BCUT2D eigenvalue weighted by Crippen LogP contribution is 2.44. The second-order valence-electron chi connectivity index (χ2n) is 8.00. The van der Waals surface area contributed by atoms with Gasteiger partial charge in [0.2, 0.25) is 0 Å². The first-order valence-corrected chi connectivity index (χ1v) is 9.67. The molecule has 3 atom stereocenters. The molecule has 0 radical (unpaired) electrons. The second-order valence-corrected chi connectivity index (χ2v) is 8.37. The molecule has 0 aliphatic heterocycles. The molecule has 0 saturated heterocycles. The molecule has 144 valence electrons. The third-order valence-corrected chi connectivity index (χ3v) is 6.22. The van der Waals surface area contributed by atoms with Gasteiger partial charge in [-0.3, -0.25) is 4.98 Å². The van der Waals surface area contributed by atoms with Crippen molar-refractivity contribution in [1.29, 1.82) is 0 Å². The summed E-state index contributed by atoms with van der Waals surface area (Å²) in [5.41, 5.74) is 0.808. The van der Waals surface area contributed by atoms with Gasteiger partial charge >= 0.3 is 11.9 Å². The van der Waals surface area contributed by atoms with Gasteiger partial charge in [-0.2, -0.15) is 0 Å². The van der Waals surface area contributed by atoms with Gasteiger partial charge in [0.25, 0.3) is 0 Å². The predicted octanol–water partition coefficient (Wildman–Crippen LogP) is 5.46. The molecule has 2 aromatic rings. The van der Waals surface area contributed by atoms with Crippen molar-refractivity contribution in [3.8, 4) is 0 Å². The van der Waals surface area contributed by atoms with Gasteiger partial charge < -0.3 is 10.2 Å². The normalized spacial score (nSPS) is 22.9. The van der Waals surface area contributed by atoms with Gasteiger partial charge in [0.15, 0.2) is 0 Å². The van der Waals surface area contributed by atoms with E-state index in [1.807, 2.05) is 6.07 Å². The summed E-state index contributed by atoms with van der Waals surface area (Å²) in [4.78, 5) is 27.6. The number of carbonyl (C=O) groups is 2. The Bertz CT molecular complexity index is 909. The summed E-state index contributed by atoms with van der Waals surface area (Å²) in [6.07, 6.45) is 5.16. The van der Waals surface area contributed by atoms with Crippen LogP contribution in [0.2, 0.25) is 5.02 Å². The SMILES string of the molecule is CC1CCC(C(C)C)C(c2cnc3c(C(=O)O)c(Cl)c(C(=O)O)cc3c2)C1. The number of carboxylic acid groups (broad SMARTS) is 2. The van der Waals surface area contributed by atoms with Crippen LogP contribution in [0.15, 0.2) is 18.3 Å². The van der Waals surface area contributed by atoms with Crippen LogP contribution in [0.25, 0.3) is 10.9 Å². The van der Waals surface area contributed by atoms with Crippen LogP contribution >= 0.6 is 11.6 Å². The largest absolute Gasteiger partial charge is 0.478 e. The minimum absolute atomic E-state index is 0.210. The average molecular weight is 390 g/mol. The van der Waals surface area contributed by atoms with Crippen molar-refractivity contribution in [2.45, 2.75) is 46.0 Å². The van der Waals surface area contributed by atoms with Gasteiger partial charge in [0.1, 0.15) is 5.56 Å². The number of pyridine rings is 1. The molecule has 1 saturated carbocycles. The number of aromatic nitrogens is 1. The minimum atomic E-state index is -1.28. The first kappa shape index (κ1) is 19.6. The van der Waals surface area contributed by atoms with Crippen molar-refractivity contribution in [3.63, 3.8) is 0 Å². The molecule has 1 fully saturated rings. The zero-order valence-electron chi connectivity index (χ0n) is 15.7. The molecule has 2 N–H and O–H groups in total. The highest BCUT2D eigenvalue weighted by atomic mass is 35.5. The van der Waals surface area contributed by atoms with Crippen molar-refractivity contribution in [3.05, 3.63) is 40.0 Å². The lowest BCUT2D eigenvalue weighted by atomic mass is 9.68. The number of fused-ring (bicyclic) bond motifs is 1. The molecule has 6 heteroatoms. The monoisotopic (exact) mass is 389 g/mol. The Balaban J connectivity index is 2.18. The molecule has 1 aromatic heterocycles. The maximum Gasteiger partial charge on any atom is 0.339 e. The van der Waals surface area contributed by atoms with Crippen molar-refractivity contribution in [1.82, 2.24) is 4.98 Å². The Labute approximate surface area is 163 Å². The Morgan fingerprint density at radius 2 is 1.89 bits per heavy atom. The van der Waals surface area contributed by atoms with E-state index in [1.165, 1.54) is 12.5 Å². The zero-order valence-corrected chi connectivity index (χ0v) is 16.5. The van der Waals surface area contributed by atoms with Crippen LogP contribution in [-0.4, -0.2) is 27.1 Å². The fraction of sp³-hybridized carbons (Fsp3) is 0.476. The Morgan fingerprint density at radius 3 is 2.48 bits per heavy atom. The minimum Gasteiger partial charge on any atom is -0.478 e. The summed E-state index contributed by atoms with van der Waals surface area (Å²) in [5, 5.41) is 19.1. The van der Waals surface area contributed by atoms with Crippen molar-refractivity contribution in [2.24, 2.45) is 17.8 Å². The van der Waals surface area contributed by atoms with Crippen LogP contribution in [0.3, 0.4) is 0 Å². The molecule has 0 spiro atoms. The second kappa shape index (κ2) is 7.47. The number of nitrogens with zero attached hydrogens (tertiary/aromatic N) is 1. The number of hydrogen-bond donors (Lipinski definition) is 2. The maximum atomic E-state index is 11.7. The molecule has 3 rings (SSSR count). The summed E-state index contributed by atoms with van der Waals surface area (Å²) in [6, 6.07) is 3.33. The van der Waals surface area contributed by atoms with E-state index < -0.39 is 11.9 Å². The van der Waals surface area contributed by atoms with E-state index in [2.05, 4.69) is 25.8 Å². The van der Waals surface area contributed by atoms with E-state index in [0.29, 0.717) is 29.1 Å². The van der Waals surface area contributed by atoms with Crippen LogP contribution in [0.5, 0.6) is 0 Å². The number of hydrogen-bond acceptors (Lipinski definition) is 3. The first-order valence-electron chi connectivity index (χ1n) is 9.29. The summed E-state index contributed by atoms with van der Waals surface area (Å²) >= 11 is 6.05. The van der Waals surface area contributed by atoms with Crippen molar-refractivity contribution < 1.29 is 19.8 Å². The van der Waals surface area contributed by atoms with E-state index in [0.717, 1.165) is 18.4 Å². The van der Waals surface area contributed by atoms with Crippen molar-refractivity contribution in [2.75, 3.05) is 0 Å². The molecule has 1 aliphatic carbocycles. The van der Waals surface area contributed by atoms with Gasteiger partial charge in [-0.15, -0.1) is 0 Å². The molecule has 27 heavy (non-hydrogen) atoms. The summed E-state index contributed by atoms with van der Waals surface area (Å²) in [6.45, 7) is 6.71. The van der Waals surface area contributed by atoms with Gasteiger partial charge in [0, 0.05) is 11.6 Å². The zero-order chi connectivity index (χ0) is 19.9. The van der Waals surface area contributed by atoms with E-state index in [1.54, 1.807) is 6.20 Å². The number of halogens is 1. The van der Waals surface area contributed by atoms with E-state index in [9.17, 15) is 19.8 Å². The quantitative estimate of drug-likeness (QED) is 0.724. The van der Waals surface area contributed by atoms with E-state index >= 15 is 0 Å².